The van der Waals surface area contributed by atoms with E-state index in [9.17, 15) is 4.79 Å². The molecular weight excluding hydrogens is 240 g/mol. The summed E-state index contributed by atoms with van der Waals surface area (Å²) in [7, 11) is 0. The monoisotopic (exact) mass is 254 g/mol. The molecule has 2 aromatic heterocycles. The van der Waals surface area contributed by atoms with Gasteiger partial charge in [-0.2, -0.15) is 5.10 Å². The van der Waals surface area contributed by atoms with Crippen molar-refractivity contribution in [2.24, 2.45) is 0 Å². The van der Waals surface area contributed by atoms with Crippen molar-refractivity contribution in [3.8, 4) is 12.3 Å². The van der Waals surface area contributed by atoms with Gasteiger partial charge in [0.1, 0.15) is 5.56 Å². The molecule has 0 atom stereocenters. The Balaban J connectivity index is 2.04. The first-order chi connectivity index (χ1) is 9.31. The molecule has 5 nitrogen and oxygen atoms in total. The fraction of sp³-hybridized carbons (Fsp3) is 0.357. The highest BCUT2D eigenvalue weighted by atomic mass is 16.2. The lowest BCUT2D eigenvalue weighted by Gasteiger charge is -2.25. The van der Waals surface area contributed by atoms with Gasteiger partial charge in [0.05, 0.1) is 0 Å². The Kier molecular flexibility index (Phi) is 2.92. The molecule has 96 valence electrons. The van der Waals surface area contributed by atoms with Gasteiger partial charge in [0.25, 0.3) is 5.91 Å². The van der Waals surface area contributed by atoms with Crippen LogP contribution < -0.4 is 0 Å². The summed E-state index contributed by atoms with van der Waals surface area (Å²) in [6.07, 6.45) is 12.2. The number of terminal acetylenes is 1. The number of rotatable bonds is 1. The zero-order chi connectivity index (χ0) is 13.2. The third kappa shape index (κ3) is 1.95. The van der Waals surface area contributed by atoms with Gasteiger partial charge in [-0.25, -0.2) is 9.50 Å². The molecule has 2 aromatic rings. The molecule has 1 saturated heterocycles. The first-order valence-corrected chi connectivity index (χ1v) is 6.40. The summed E-state index contributed by atoms with van der Waals surface area (Å²) in [5.74, 6) is 2.46. The number of amides is 1. The average Bonchev–Trinajstić information content (AvgIpc) is 2.85. The van der Waals surface area contributed by atoms with E-state index in [-0.39, 0.29) is 5.91 Å². The third-order valence-corrected chi connectivity index (χ3v) is 3.39. The highest BCUT2D eigenvalue weighted by Crippen LogP contribution is 2.17. The maximum Gasteiger partial charge on any atom is 0.275 e. The van der Waals surface area contributed by atoms with E-state index in [0.717, 1.165) is 25.9 Å². The number of likely N-dealkylation sites (tertiary alicyclic amines) is 1. The van der Waals surface area contributed by atoms with Crippen LogP contribution in [0.3, 0.4) is 0 Å². The second kappa shape index (κ2) is 4.73. The summed E-state index contributed by atoms with van der Waals surface area (Å²) < 4.78 is 1.56. The molecule has 0 aliphatic carbocycles. The number of nitrogens with zero attached hydrogens (tertiary/aromatic N) is 4. The largest absolute Gasteiger partial charge is 0.337 e. The number of hydrogen-bond acceptors (Lipinski definition) is 3. The number of hydrogen-bond donors (Lipinski definition) is 0. The normalized spacial score (nSPS) is 15.4. The molecule has 0 unspecified atom stereocenters. The topological polar surface area (TPSA) is 50.5 Å². The van der Waals surface area contributed by atoms with Gasteiger partial charge in [-0.05, 0) is 25.3 Å². The predicted octanol–water partition coefficient (Wildman–Crippen LogP) is 1.34. The van der Waals surface area contributed by atoms with Crippen LogP contribution in [-0.2, 0) is 0 Å². The fourth-order valence-electron chi connectivity index (χ4n) is 2.42. The Morgan fingerprint density at radius 3 is 2.84 bits per heavy atom. The summed E-state index contributed by atoms with van der Waals surface area (Å²) >= 11 is 0. The maximum atomic E-state index is 12.5. The van der Waals surface area contributed by atoms with E-state index >= 15 is 0 Å². The predicted molar refractivity (Wildman–Crippen MR) is 70.7 cm³/mol. The van der Waals surface area contributed by atoms with Crippen LogP contribution in [0.4, 0.5) is 0 Å². The Morgan fingerprint density at radius 1 is 1.32 bits per heavy atom. The molecule has 1 amide bonds. The molecule has 1 aliphatic rings. The molecular formula is C14H14N4O. The van der Waals surface area contributed by atoms with Crippen LogP contribution in [0.25, 0.3) is 5.65 Å². The molecule has 3 rings (SSSR count). The van der Waals surface area contributed by atoms with Crippen LogP contribution in [0.15, 0.2) is 18.5 Å². The highest BCUT2D eigenvalue weighted by Gasteiger charge is 2.24. The first-order valence-electron chi connectivity index (χ1n) is 6.40. The molecule has 0 N–H and O–H groups in total. The molecule has 0 bridgehead atoms. The van der Waals surface area contributed by atoms with Crippen LogP contribution in [0.5, 0.6) is 0 Å². The highest BCUT2D eigenvalue weighted by molar-refractivity contribution is 5.96. The van der Waals surface area contributed by atoms with Gasteiger partial charge in [-0.1, -0.05) is 5.92 Å². The molecule has 19 heavy (non-hydrogen) atoms. The van der Waals surface area contributed by atoms with Crippen molar-refractivity contribution in [1.82, 2.24) is 19.5 Å². The van der Waals surface area contributed by atoms with E-state index in [1.807, 2.05) is 4.90 Å². The zero-order valence-corrected chi connectivity index (χ0v) is 10.5. The van der Waals surface area contributed by atoms with E-state index in [4.69, 9.17) is 6.42 Å². The van der Waals surface area contributed by atoms with E-state index in [1.165, 1.54) is 6.42 Å². The summed E-state index contributed by atoms with van der Waals surface area (Å²) in [6, 6.07) is 1.76. The van der Waals surface area contributed by atoms with Crippen molar-refractivity contribution in [3.05, 3.63) is 29.7 Å². The second-order valence-electron chi connectivity index (χ2n) is 4.61. The Morgan fingerprint density at radius 2 is 2.11 bits per heavy atom. The number of aromatic nitrogens is 3. The first kappa shape index (κ1) is 11.7. The number of carbonyl (C=O) groups excluding carboxylic acids is 1. The minimum Gasteiger partial charge on any atom is -0.337 e. The van der Waals surface area contributed by atoms with E-state index in [1.54, 1.807) is 23.0 Å². The molecule has 0 radical (unpaired) electrons. The quantitative estimate of drug-likeness (QED) is 0.721. The van der Waals surface area contributed by atoms with Gasteiger partial charge in [-0.3, -0.25) is 4.79 Å². The standard InChI is InChI=1S/C14H14N4O/c1-2-11-12(14(19)17-8-4-3-5-9-17)16-18-10-6-7-15-13(11)18/h1,6-7,10H,3-5,8-9H2. The van der Waals surface area contributed by atoms with Crippen molar-refractivity contribution >= 4 is 11.6 Å². The lowest BCUT2D eigenvalue weighted by molar-refractivity contribution is 0.0717. The molecule has 5 heteroatoms. The lowest BCUT2D eigenvalue weighted by atomic mass is 10.1. The van der Waals surface area contributed by atoms with Crippen molar-refractivity contribution in [2.45, 2.75) is 19.3 Å². The van der Waals surface area contributed by atoms with Crippen LogP contribution in [0.2, 0.25) is 0 Å². The summed E-state index contributed by atoms with van der Waals surface area (Å²) in [5.41, 5.74) is 1.38. The molecule has 3 heterocycles. The Bertz CT molecular complexity index is 662. The van der Waals surface area contributed by atoms with E-state index in [2.05, 4.69) is 16.0 Å². The van der Waals surface area contributed by atoms with Crippen LogP contribution in [-0.4, -0.2) is 38.5 Å². The van der Waals surface area contributed by atoms with Crippen molar-refractivity contribution in [3.63, 3.8) is 0 Å². The lowest BCUT2D eigenvalue weighted by Crippen LogP contribution is -2.36. The molecule has 0 aromatic carbocycles. The summed E-state index contributed by atoms with van der Waals surface area (Å²) in [4.78, 5) is 18.5. The molecule has 1 aliphatic heterocycles. The summed E-state index contributed by atoms with van der Waals surface area (Å²) in [6.45, 7) is 1.56. The van der Waals surface area contributed by atoms with E-state index in [0.29, 0.717) is 16.9 Å². The smallest absolute Gasteiger partial charge is 0.275 e. The van der Waals surface area contributed by atoms with Crippen molar-refractivity contribution < 1.29 is 4.79 Å². The van der Waals surface area contributed by atoms with Gasteiger partial charge in [-0.15, -0.1) is 6.42 Å². The van der Waals surface area contributed by atoms with Gasteiger partial charge >= 0.3 is 0 Å². The average molecular weight is 254 g/mol. The van der Waals surface area contributed by atoms with Gasteiger partial charge in [0, 0.05) is 25.5 Å². The van der Waals surface area contributed by atoms with E-state index < -0.39 is 0 Å². The van der Waals surface area contributed by atoms with Crippen LogP contribution in [0.1, 0.15) is 35.3 Å². The number of carbonyl (C=O) groups is 1. The zero-order valence-electron chi connectivity index (χ0n) is 10.5. The molecule has 0 spiro atoms. The summed E-state index contributed by atoms with van der Waals surface area (Å²) in [5, 5.41) is 4.28. The minimum absolute atomic E-state index is 0.0850. The fourth-order valence-corrected chi connectivity index (χ4v) is 2.42. The number of fused-ring (bicyclic) bond motifs is 1. The van der Waals surface area contributed by atoms with Gasteiger partial charge in [0.15, 0.2) is 11.3 Å². The SMILES string of the molecule is C#Cc1c(C(=O)N2CCCCC2)nn2cccnc12. The minimum atomic E-state index is -0.0850. The third-order valence-electron chi connectivity index (χ3n) is 3.39. The molecule has 1 fully saturated rings. The van der Waals surface area contributed by atoms with Crippen molar-refractivity contribution in [2.75, 3.05) is 13.1 Å². The number of piperidine rings is 1. The molecule has 0 saturated carbocycles. The second-order valence-corrected chi connectivity index (χ2v) is 4.61. The Hall–Kier alpha value is -2.35. The van der Waals surface area contributed by atoms with Gasteiger partial charge in [0.2, 0.25) is 0 Å². The van der Waals surface area contributed by atoms with Crippen molar-refractivity contribution in [1.29, 1.82) is 0 Å². The Labute approximate surface area is 111 Å². The van der Waals surface area contributed by atoms with Crippen LogP contribution in [0, 0.1) is 12.3 Å². The van der Waals surface area contributed by atoms with Crippen LogP contribution >= 0.6 is 0 Å². The van der Waals surface area contributed by atoms with Gasteiger partial charge < -0.3 is 4.90 Å². The maximum absolute atomic E-state index is 12.5.